The Bertz CT molecular complexity index is 1520. The number of anilines is 1. The predicted octanol–water partition coefficient (Wildman–Crippen LogP) is 6.03. The van der Waals surface area contributed by atoms with E-state index in [9.17, 15) is 14.7 Å². The summed E-state index contributed by atoms with van der Waals surface area (Å²) in [4.78, 5) is 33.0. The number of rotatable bonds is 7. The molecule has 37 heavy (non-hydrogen) atoms. The fourth-order valence-corrected chi connectivity index (χ4v) is 5.46. The summed E-state index contributed by atoms with van der Waals surface area (Å²) in [7, 11) is 1.55. The number of Topliss-reactive ketones (excluding diaryl/α,β-unsaturated/α-hetero) is 1. The van der Waals surface area contributed by atoms with E-state index in [0.717, 1.165) is 22.2 Å². The molecular formula is C29H26N2O5S. The number of carbonyl (C=O) groups is 2. The van der Waals surface area contributed by atoms with Gasteiger partial charge in [-0.05, 0) is 73.0 Å². The van der Waals surface area contributed by atoms with E-state index in [1.807, 2.05) is 50.2 Å². The van der Waals surface area contributed by atoms with Crippen LogP contribution in [0.2, 0.25) is 0 Å². The Morgan fingerprint density at radius 1 is 1.05 bits per heavy atom. The quantitative estimate of drug-likeness (QED) is 0.184. The van der Waals surface area contributed by atoms with Crippen molar-refractivity contribution in [3.63, 3.8) is 0 Å². The third-order valence-electron chi connectivity index (χ3n) is 6.19. The van der Waals surface area contributed by atoms with E-state index in [1.165, 1.54) is 16.2 Å². The second-order valence-electron chi connectivity index (χ2n) is 8.79. The van der Waals surface area contributed by atoms with Gasteiger partial charge in [0.2, 0.25) is 0 Å². The molecule has 0 aliphatic carbocycles. The highest BCUT2D eigenvalue weighted by Gasteiger charge is 2.48. The average Bonchev–Trinajstić information content (AvgIpc) is 3.44. The molecule has 1 amide bonds. The summed E-state index contributed by atoms with van der Waals surface area (Å²) in [5.41, 5.74) is 2.85. The summed E-state index contributed by atoms with van der Waals surface area (Å²) in [6, 6.07) is 18.9. The number of thiazole rings is 1. The van der Waals surface area contributed by atoms with E-state index in [2.05, 4.69) is 4.98 Å². The van der Waals surface area contributed by atoms with Gasteiger partial charge in [-0.15, -0.1) is 0 Å². The van der Waals surface area contributed by atoms with Crippen molar-refractivity contribution in [2.75, 3.05) is 18.6 Å². The van der Waals surface area contributed by atoms with Crippen molar-refractivity contribution in [1.82, 2.24) is 4.98 Å². The number of ether oxygens (including phenoxy) is 2. The third kappa shape index (κ3) is 4.56. The molecule has 4 aromatic rings. The predicted molar refractivity (Wildman–Crippen MR) is 144 cm³/mol. The SMILES string of the molecule is CCCOc1cccc([C@@H]2C(=C(O)c3ccc(OC)cc3)C(=O)C(=O)N2c2nc3ccc(C)cc3s2)c1. The molecule has 0 saturated carbocycles. The number of ketones is 1. The lowest BCUT2D eigenvalue weighted by Crippen LogP contribution is -2.29. The molecule has 0 spiro atoms. The number of carbonyl (C=O) groups excluding carboxylic acids is 2. The fourth-order valence-electron chi connectivity index (χ4n) is 4.37. The van der Waals surface area contributed by atoms with Crippen molar-refractivity contribution >= 4 is 44.1 Å². The molecule has 1 atom stereocenters. The highest BCUT2D eigenvalue weighted by molar-refractivity contribution is 7.22. The standard InChI is InChI=1S/C29H26N2O5S/c1-4-14-36-21-7-5-6-19(16-21)25-24(26(32)18-9-11-20(35-3)12-10-18)27(33)28(34)31(25)29-30-22-13-8-17(2)15-23(22)37-29/h5-13,15-16,25,32H,4,14H2,1-3H3/t25-/m1/s1. The van der Waals surface area contributed by atoms with E-state index < -0.39 is 17.7 Å². The maximum Gasteiger partial charge on any atom is 0.301 e. The number of aromatic nitrogens is 1. The first-order valence-electron chi connectivity index (χ1n) is 12.0. The van der Waals surface area contributed by atoms with Crippen LogP contribution in [0.1, 0.15) is 36.1 Å². The van der Waals surface area contributed by atoms with E-state index in [-0.39, 0.29) is 11.3 Å². The number of benzene rings is 3. The number of aliphatic hydroxyl groups is 1. The van der Waals surface area contributed by atoms with Crippen LogP contribution in [0, 0.1) is 6.92 Å². The Balaban J connectivity index is 1.69. The van der Waals surface area contributed by atoms with Gasteiger partial charge >= 0.3 is 5.91 Å². The van der Waals surface area contributed by atoms with Crippen molar-refractivity contribution in [2.24, 2.45) is 0 Å². The molecule has 1 N–H and O–H groups in total. The van der Waals surface area contributed by atoms with Crippen molar-refractivity contribution < 1.29 is 24.2 Å². The molecule has 2 heterocycles. The molecule has 188 valence electrons. The Labute approximate surface area is 218 Å². The molecule has 1 aliphatic rings. The zero-order valence-electron chi connectivity index (χ0n) is 20.7. The third-order valence-corrected chi connectivity index (χ3v) is 7.21. The second-order valence-corrected chi connectivity index (χ2v) is 9.80. The second kappa shape index (κ2) is 10.1. The molecule has 1 aromatic heterocycles. The van der Waals surface area contributed by atoms with E-state index in [4.69, 9.17) is 9.47 Å². The van der Waals surface area contributed by atoms with Crippen LogP contribution in [-0.4, -0.2) is 35.5 Å². The fraction of sp³-hybridized carbons (Fsp3) is 0.207. The van der Waals surface area contributed by atoms with Crippen molar-refractivity contribution in [1.29, 1.82) is 0 Å². The van der Waals surface area contributed by atoms with Gasteiger partial charge in [-0.25, -0.2) is 4.98 Å². The topological polar surface area (TPSA) is 89.0 Å². The summed E-state index contributed by atoms with van der Waals surface area (Å²) in [6.07, 6.45) is 0.839. The van der Waals surface area contributed by atoms with E-state index in [1.54, 1.807) is 37.4 Å². The monoisotopic (exact) mass is 514 g/mol. The van der Waals surface area contributed by atoms with Crippen LogP contribution in [0.25, 0.3) is 16.0 Å². The summed E-state index contributed by atoms with van der Waals surface area (Å²) in [6.45, 7) is 4.54. The lowest BCUT2D eigenvalue weighted by molar-refractivity contribution is -0.132. The van der Waals surface area contributed by atoms with Gasteiger partial charge in [-0.3, -0.25) is 14.5 Å². The first kappa shape index (κ1) is 24.5. The number of aryl methyl sites for hydroxylation is 1. The minimum atomic E-state index is -0.881. The number of fused-ring (bicyclic) bond motifs is 1. The van der Waals surface area contributed by atoms with Gasteiger partial charge in [-0.2, -0.15) is 0 Å². The van der Waals surface area contributed by atoms with Crippen LogP contribution < -0.4 is 14.4 Å². The number of amides is 1. The number of hydrogen-bond acceptors (Lipinski definition) is 7. The molecule has 5 rings (SSSR count). The molecule has 1 fully saturated rings. The zero-order chi connectivity index (χ0) is 26.1. The minimum absolute atomic E-state index is 0.00162. The van der Waals surface area contributed by atoms with Crippen molar-refractivity contribution in [3.05, 3.63) is 89.0 Å². The summed E-state index contributed by atoms with van der Waals surface area (Å²) < 4.78 is 11.9. The Kier molecular flexibility index (Phi) is 6.67. The van der Waals surface area contributed by atoms with Gasteiger partial charge in [-0.1, -0.05) is 36.5 Å². The van der Waals surface area contributed by atoms with Crippen molar-refractivity contribution in [2.45, 2.75) is 26.3 Å². The smallest absolute Gasteiger partial charge is 0.301 e. The largest absolute Gasteiger partial charge is 0.507 e. The van der Waals surface area contributed by atoms with E-state index >= 15 is 0 Å². The maximum atomic E-state index is 13.5. The van der Waals surface area contributed by atoms with E-state index in [0.29, 0.717) is 34.4 Å². The number of methoxy groups -OCH3 is 1. The molecule has 0 unspecified atom stereocenters. The van der Waals surface area contributed by atoms with Crippen LogP contribution in [0.5, 0.6) is 11.5 Å². The summed E-state index contributed by atoms with van der Waals surface area (Å²) in [5, 5.41) is 11.7. The van der Waals surface area contributed by atoms with Gasteiger partial charge in [0.1, 0.15) is 17.3 Å². The average molecular weight is 515 g/mol. The van der Waals surface area contributed by atoms with Gasteiger partial charge in [0.25, 0.3) is 5.78 Å². The molecule has 0 bridgehead atoms. The highest BCUT2D eigenvalue weighted by Crippen LogP contribution is 2.45. The first-order valence-corrected chi connectivity index (χ1v) is 12.8. The molecule has 7 nitrogen and oxygen atoms in total. The molecule has 3 aromatic carbocycles. The Morgan fingerprint density at radius 2 is 1.84 bits per heavy atom. The summed E-state index contributed by atoms with van der Waals surface area (Å²) >= 11 is 1.34. The maximum absolute atomic E-state index is 13.5. The highest BCUT2D eigenvalue weighted by atomic mass is 32.1. The van der Waals surface area contributed by atoms with Crippen LogP contribution >= 0.6 is 11.3 Å². The van der Waals surface area contributed by atoms with Crippen LogP contribution in [0.3, 0.4) is 0 Å². The zero-order valence-corrected chi connectivity index (χ0v) is 21.5. The Hall–Kier alpha value is -4.17. The molecule has 1 aliphatic heterocycles. The van der Waals surface area contributed by atoms with Crippen molar-refractivity contribution in [3.8, 4) is 11.5 Å². The van der Waals surface area contributed by atoms with Gasteiger partial charge in [0, 0.05) is 5.56 Å². The molecular weight excluding hydrogens is 488 g/mol. The van der Waals surface area contributed by atoms with Gasteiger partial charge < -0.3 is 14.6 Å². The lowest BCUT2D eigenvalue weighted by atomic mass is 9.95. The van der Waals surface area contributed by atoms with Gasteiger partial charge in [0.05, 0.1) is 35.5 Å². The summed E-state index contributed by atoms with van der Waals surface area (Å²) in [5.74, 6) is -0.539. The normalized spacial score (nSPS) is 16.9. The number of hydrogen-bond donors (Lipinski definition) is 1. The number of aliphatic hydroxyl groups excluding tert-OH is 1. The molecule has 0 radical (unpaired) electrons. The molecule has 1 saturated heterocycles. The first-order chi connectivity index (χ1) is 17.9. The van der Waals surface area contributed by atoms with Crippen LogP contribution in [0.15, 0.2) is 72.3 Å². The van der Waals surface area contributed by atoms with Gasteiger partial charge in [0.15, 0.2) is 5.13 Å². The Morgan fingerprint density at radius 3 is 2.57 bits per heavy atom. The lowest BCUT2D eigenvalue weighted by Gasteiger charge is -2.23. The van der Waals surface area contributed by atoms with Crippen LogP contribution in [-0.2, 0) is 9.59 Å². The molecule has 8 heteroatoms. The van der Waals surface area contributed by atoms with Crippen LogP contribution in [0.4, 0.5) is 5.13 Å². The number of nitrogens with zero attached hydrogens (tertiary/aromatic N) is 2. The minimum Gasteiger partial charge on any atom is -0.507 e.